The Bertz CT molecular complexity index is 1470. The number of alkyl halides is 3. The molecule has 4 rings (SSSR count). The predicted molar refractivity (Wildman–Crippen MR) is 125 cm³/mol. The van der Waals surface area contributed by atoms with E-state index in [4.69, 9.17) is 5.73 Å². The molecule has 3 aromatic heterocycles. The summed E-state index contributed by atoms with van der Waals surface area (Å²) in [7, 11) is 3.21. The Morgan fingerprint density at radius 3 is 2.59 bits per heavy atom. The Labute approximate surface area is 207 Å². The van der Waals surface area contributed by atoms with Crippen molar-refractivity contribution in [1.82, 2.24) is 35.0 Å². The standard InChI is InChI=1S/C23H22F4N8O2/c1-33(7-3-4-8-36)35(12-13-5-6-19(32-31-13)23(25,26)27)22(37)14-9-15-18(10-17(14)24)30-21(28)16-11-29-34(2)20(15)16/h5-6,8-11H,3-4,7,12H2,1-2H3,(H2,28,30). The van der Waals surface area contributed by atoms with Crippen LogP contribution in [-0.4, -0.2) is 60.8 Å². The summed E-state index contributed by atoms with van der Waals surface area (Å²) in [5.74, 6) is -1.48. The van der Waals surface area contributed by atoms with Gasteiger partial charge in [0.15, 0.2) is 5.69 Å². The molecule has 3 heterocycles. The lowest BCUT2D eigenvalue weighted by atomic mass is 10.1. The van der Waals surface area contributed by atoms with Gasteiger partial charge in [0.25, 0.3) is 5.91 Å². The number of nitrogen functional groups attached to an aromatic ring is 1. The number of halogens is 4. The maximum atomic E-state index is 15.2. The van der Waals surface area contributed by atoms with Crippen molar-refractivity contribution in [2.45, 2.75) is 25.6 Å². The number of benzene rings is 1. The fourth-order valence-corrected chi connectivity index (χ4v) is 3.90. The summed E-state index contributed by atoms with van der Waals surface area (Å²) in [4.78, 5) is 28.6. The molecule has 0 atom stereocenters. The number of anilines is 1. The van der Waals surface area contributed by atoms with E-state index >= 15 is 4.39 Å². The van der Waals surface area contributed by atoms with Crippen LogP contribution in [0.4, 0.5) is 23.4 Å². The predicted octanol–water partition coefficient (Wildman–Crippen LogP) is 3.12. The first-order valence-corrected chi connectivity index (χ1v) is 11.1. The molecular formula is C23H22F4N8O2. The number of unbranched alkanes of at least 4 members (excludes halogenated alkanes) is 1. The second kappa shape index (κ2) is 10.0. The number of hydrogen-bond donors (Lipinski definition) is 1. The summed E-state index contributed by atoms with van der Waals surface area (Å²) in [6.45, 7) is -0.0576. The summed E-state index contributed by atoms with van der Waals surface area (Å²) >= 11 is 0. The van der Waals surface area contributed by atoms with Gasteiger partial charge in [-0.2, -0.15) is 23.4 Å². The summed E-state index contributed by atoms with van der Waals surface area (Å²) in [5.41, 5.74) is 5.32. The molecule has 14 heteroatoms. The van der Waals surface area contributed by atoms with Crippen molar-refractivity contribution in [3.8, 4) is 0 Å². The number of aromatic nitrogens is 5. The number of nitrogens with zero attached hydrogens (tertiary/aromatic N) is 7. The Morgan fingerprint density at radius 1 is 1.19 bits per heavy atom. The minimum Gasteiger partial charge on any atom is -0.383 e. The highest BCUT2D eigenvalue weighted by molar-refractivity contribution is 6.10. The lowest BCUT2D eigenvalue weighted by Crippen LogP contribution is -2.44. The van der Waals surface area contributed by atoms with Crippen molar-refractivity contribution >= 4 is 39.8 Å². The quantitative estimate of drug-likeness (QED) is 0.163. The number of carbonyl (C=O) groups excluding carboxylic acids is 2. The smallest absolute Gasteiger partial charge is 0.383 e. The van der Waals surface area contributed by atoms with E-state index in [1.807, 2.05) is 0 Å². The van der Waals surface area contributed by atoms with Crippen molar-refractivity contribution in [3.63, 3.8) is 0 Å². The Kier molecular flexibility index (Phi) is 7.03. The largest absolute Gasteiger partial charge is 0.435 e. The van der Waals surface area contributed by atoms with E-state index < -0.39 is 23.6 Å². The van der Waals surface area contributed by atoms with Crippen molar-refractivity contribution in [1.29, 1.82) is 0 Å². The molecule has 0 spiro atoms. The molecule has 0 bridgehead atoms. The van der Waals surface area contributed by atoms with Crippen LogP contribution in [0.15, 0.2) is 30.5 Å². The molecule has 2 N–H and O–H groups in total. The monoisotopic (exact) mass is 518 g/mol. The molecule has 0 unspecified atom stereocenters. The molecule has 0 saturated heterocycles. The Morgan fingerprint density at radius 2 is 1.95 bits per heavy atom. The van der Waals surface area contributed by atoms with Gasteiger partial charge in [-0.1, -0.05) is 0 Å². The fourth-order valence-electron chi connectivity index (χ4n) is 3.90. The fraction of sp³-hybridized carbons (Fsp3) is 0.304. The van der Waals surface area contributed by atoms with E-state index in [0.717, 1.165) is 29.5 Å². The van der Waals surface area contributed by atoms with Crippen molar-refractivity contribution in [2.24, 2.45) is 7.05 Å². The molecule has 37 heavy (non-hydrogen) atoms. The van der Waals surface area contributed by atoms with Gasteiger partial charge < -0.3 is 10.5 Å². The molecular weight excluding hydrogens is 496 g/mol. The first-order valence-electron chi connectivity index (χ1n) is 11.1. The second-order valence-electron chi connectivity index (χ2n) is 8.34. The van der Waals surface area contributed by atoms with Crippen LogP contribution in [0.25, 0.3) is 21.8 Å². The van der Waals surface area contributed by atoms with Gasteiger partial charge in [0, 0.05) is 38.5 Å². The highest BCUT2D eigenvalue weighted by Crippen LogP contribution is 2.30. The van der Waals surface area contributed by atoms with Gasteiger partial charge in [-0.05, 0) is 24.6 Å². The van der Waals surface area contributed by atoms with E-state index in [0.29, 0.717) is 22.7 Å². The zero-order valence-electron chi connectivity index (χ0n) is 19.8. The van der Waals surface area contributed by atoms with Crippen LogP contribution >= 0.6 is 0 Å². The average molecular weight is 518 g/mol. The number of rotatable bonds is 8. The van der Waals surface area contributed by atoms with Crippen LogP contribution < -0.4 is 5.73 Å². The van der Waals surface area contributed by atoms with E-state index in [2.05, 4.69) is 20.3 Å². The third kappa shape index (κ3) is 5.18. The number of hydrogen-bond acceptors (Lipinski definition) is 8. The van der Waals surface area contributed by atoms with Gasteiger partial charge in [-0.3, -0.25) is 14.5 Å². The molecule has 1 aromatic carbocycles. The lowest BCUT2D eigenvalue weighted by molar-refractivity contribution is -0.141. The highest BCUT2D eigenvalue weighted by Gasteiger charge is 2.33. The molecule has 0 radical (unpaired) electrons. The first-order chi connectivity index (χ1) is 17.5. The number of aldehydes is 1. The molecule has 0 fully saturated rings. The third-order valence-corrected chi connectivity index (χ3v) is 5.80. The molecule has 0 aliphatic heterocycles. The lowest BCUT2D eigenvalue weighted by Gasteiger charge is -2.32. The van der Waals surface area contributed by atoms with Crippen molar-refractivity contribution < 1.29 is 27.2 Å². The van der Waals surface area contributed by atoms with E-state index in [1.165, 1.54) is 22.0 Å². The summed E-state index contributed by atoms with van der Waals surface area (Å²) in [6.07, 6.45) is -1.82. The zero-order valence-corrected chi connectivity index (χ0v) is 19.8. The maximum absolute atomic E-state index is 15.2. The summed E-state index contributed by atoms with van der Waals surface area (Å²) in [5, 5.41) is 14.5. The SMILES string of the molecule is CN(CCCC=O)N(Cc1ccc(C(F)(F)F)nn1)C(=O)c1cc2c(cc1F)nc(N)c1cnn(C)c12. The molecule has 4 aromatic rings. The van der Waals surface area contributed by atoms with Crippen LogP contribution in [0.1, 0.15) is 34.6 Å². The molecule has 0 aliphatic rings. The summed E-state index contributed by atoms with van der Waals surface area (Å²) in [6, 6.07) is 4.28. The van der Waals surface area contributed by atoms with Crippen molar-refractivity contribution in [2.75, 3.05) is 19.3 Å². The number of pyridine rings is 1. The maximum Gasteiger partial charge on any atom is 0.435 e. The zero-order chi connectivity index (χ0) is 26.9. The molecule has 0 saturated carbocycles. The van der Waals surface area contributed by atoms with Gasteiger partial charge >= 0.3 is 6.18 Å². The van der Waals surface area contributed by atoms with Gasteiger partial charge in [0.1, 0.15) is 17.9 Å². The number of amides is 1. The van der Waals surface area contributed by atoms with E-state index in [9.17, 15) is 22.8 Å². The highest BCUT2D eigenvalue weighted by atomic mass is 19.4. The Balaban J connectivity index is 1.75. The number of aryl methyl sites for hydroxylation is 1. The van der Waals surface area contributed by atoms with Crippen LogP contribution in [0.3, 0.4) is 0 Å². The molecule has 194 valence electrons. The van der Waals surface area contributed by atoms with Gasteiger partial charge in [-0.25, -0.2) is 14.4 Å². The van der Waals surface area contributed by atoms with Crippen LogP contribution in [0.5, 0.6) is 0 Å². The second-order valence-corrected chi connectivity index (χ2v) is 8.34. The molecule has 0 aliphatic carbocycles. The van der Waals surface area contributed by atoms with Crippen LogP contribution in [-0.2, 0) is 24.6 Å². The number of carbonyl (C=O) groups is 2. The minimum absolute atomic E-state index is 0.0493. The average Bonchev–Trinajstić information content (AvgIpc) is 3.24. The van der Waals surface area contributed by atoms with E-state index in [-0.39, 0.29) is 42.1 Å². The number of fused-ring (bicyclic) bond motifs is 3. The van der Waals surface area contributed by atoms with Crippen LogP contribution in [0, 0.1) is 5.82 Å². The minimum atomic E-state index is -4.67. The summed E-state index contributed by atoms with van der Waals surface area (Å²) < 4.78 is 55.4. The van der Waals surface area contributed by atoms with Gasteiger partial charge in [0.2, 0.25) is 0 Å². The Hall–Kier alpha value is -4.20. The van der Waals surface area contributed by atoms with E-state index in [1.54, 1.807) is 14.1 Å². The molecule has 1 amide bonds. The first kappa shape index (κ1) is 25.9. The van der Waals surface area contributed by atoms with Gasteiger partial charge in [-0.15, -0.1) is 5.10 Å². The topological polar surface area (TPSA) is 123 Å². The van der Waals surface area contributed by atoms with Gasteiger partial charge in [0.05, 0.1) is 40.4 Å². The van der Waals surface area contributed by atoms with Crippen molar-refractivity contribution in [3.05, 3.63) is 53.2 Å². The molecule has 10 nitrogen and oxygen atoms in total. The third-order valence-electron chi connectivity index (χ3n) is 5.80. The number of nitrogens with two attached hydrogens (primary N) is 1. The number of hydrazine groups is 1. The van der Waals surface area contributed by atoms with Crippen LogP contribution in [0.2, 0.25) is 0 Å². The normalized spacial score (nSPS) is 12.0.